The Labute approximate surface area is 170 Å². The van der Waals surface area contributed by atoms with E-state index in [0.29, 0.717) is 17.9 Å². The summed E-state index contributed by atoms with van der Waals surface area (Å²) in [7, 11) is 5.82. The monoisotopic (exact) mass is 393 g/mol. The van der Waals surface area contributed by atoms with Gasteiger partial charge in [-0.3, -0.25) is 4.79 Å². The Morgan fingerprint density at radius 2 is 1.93 bits per heavy atom. The molecule has 1 aliphatic rings. The largest absolute Gasteiger partial charge is 0.497 e. The molecule has 4 rings (SSSR count). The SMILES string of the molecule is COc1ccc(-c2ccnc3cc(C(=O)NCC4(N(C)C)CCCC4)nn23)cc1. The molecule has 0 unspecified atom stereocenters. The van der Waals surface area contributed by atoms with E-state index >= 15 is 0 Å². The second kappa shape index (κ2) is 7.83. The van der Waals surface area contributed by atoms with Gasteiger partial charge in [0.25, 0.3) is 5.91 Å². The van der Waals surface area contributed by atoms with Crippen molar-refractivity contribution in [2.45, 2.75) is 31.2 Å². The maximum atomic E-state index is 12.8. The fourth-order valence-corrected chi connectivity index (χ4v) is 4.14. The third-order valence-corrected chi connectivity index (χ3v) is 6.04. The predicted octanol–water partition coefficient (Wildman–Crippen LogP) is 3.01. The van der Waals surface area contributed by atoms with Crippen molar-refractivity contribution in [1.29, 1.82) is 0 Å². The number of aromatic nitrogens is 3. The molecule has 2 heterocycles. The van der Waals surface area contributed by atoms with Crippen LogP contribution in [0.2, 0.25) is 0 Å². The van der Waals surface area contributed by atoms with Crippen LogP contribution in [0.5, 0.6) is 5.75 Å². The molecule has 1 aliphatic carbocycles. The topological polar surface area (TPSA) is 71.8 Å². The second-order valence-corrected chi connectivity index (χ2v) is 7.87. The number of hydrogen-bond acceptors (Lipinski definition) is 5. The van der Waals surface area contributed by atoms with E-state index in [9.17, 15) is 4.79 Å². The molecule has 0 atom stereocenters. The van der Waals surface area contributed by atoms with Crippen molar-refractivity contribution in [2.24, 2.45) is 0 Å². The predicted molar refractivity (Wildman–Crippen MR) is 112 cm³/mol. The maximum Gasteiger partial charge on any atom is 0.271 e. The lowest BCUT2D eigenvalue weighted by Crippen LogP contribution is -2.50. The molecule has 0 aliphatic heterocycles. The van der Waals surface area contributed by atoms with Crippen LogP contribution in [0.3, 0.4) is 0 Å². The number of hydrogen-bond donors (Lipinski definition) is 1. The number of rotatable bonds is 6. The third kappa shape index (κ3) is 3.70. The summed E-state index contributed by atoms with van der Waals surface area (Å²) in [4.78, 5) is 19.4. The van der Waals surface area contributed by atoms with Crippen LogP contribution in [-0.4, -0.2) is 58.7 Å². The molecule has 3 aromatic rings. The minimum absolute atomic E-state index is 0.0430. The maximum absolute atomic E-state index is 12.8. The summed E-state index contributed by atoms with van der Waals surface area (Å²) in [6, 6.07) is 11.4. The van der Waals surface area contributed by atoms with Gasteiger partial charge in [-0.25, -0.2) is 9.50 Å². The Balaban J connectivity index is 1.58. The van der Waals surface area contributed by atoms with Crippen LogP contribution in [0.25, 0.3) is 16.9 Å². The van der Waals surface area contributed by atoms with Gasteiger partial charge in [-0.15, -0.1) is 0 Å². The molecule has 1 amide bonds. The van der Waals surface area contributed by atoms with Gasteiger partial charge in [0.15, 0.2) is 11.3 Å². The zero-order valence-electron chi connectivity index (χ0n) is 17.2. The highest BCUT2D eigenvalue weighted by atomic mass is 16.5. The highest BCUT2D eigenvalue weighted by Crippen LogP contribution is 2.33. The third-order valence-electron chi connectivity index (χ3n) is 6.04. The van der Waals surface area contributed by atoms with Gasteiger partial charge in [0.1, 0.15) is 5.75 Å². The van der Waals surface area contributed by atoms with E-state index < -0.39 is 0 Å². The Bertz CT molecular complexity index is 1000. The van der Waals surface area contributed by atoms with E-state index in [0.717, 1.165) is 29.8 Å². The lowest BCUT2D eigenvalue weighted by molar-refractivity contribution is 0.0895. The number of nitrogens with one attached hydrogen (secondary N) is 1. The van der Waals surface area contributed by atoms with Gasteiger partial charge in [-0.2, -0.15) is 5.10 Å². The first-order valence-corrected chi connectivity index (χ1v) is 9.97. The van der Waals surface area contributed by atoms with Gasteiger partial charge in [-0.1, -0.05) is 12.8 Å². The first-order valence-electron chi connectivity index (χ1n) is 9.97. The van der Waals surface area contributed by atoms with E-state index in [1.165, 1.54) is 12.8 Å². The van der Waals surface area contributed by atoms with Crippen molar-refractivity contribution in [2.75, 3.05) is 27.7 Å². The Morgan fingerprint density at radius 1 is 1.21 bits per heavy atom. The van der Waals surface area contributed by atoms with E-state index in [1.807, 2.05) is 30.3 Å². The average molecular weight is 393 g/mol. The van der Waals surface area contributed by atoms with Crippen molar-refractivity contribution < 1.29 is 9.53 Å². The zero-order valence-corrected chi connectivity index (χ0v) is 17.2. The van der Waals surface area contributed by atoms with Crippen LogP contribution in [0, 0.1) is 0 Å². The van der Waals surface area contributed by atoms with Crippen molar-refractivity contribution in [1.82, 2.24) is 24.8 Å². The molecule has 1 N–H and O–H groups in total. The lowest BCUT2D eigenvalue weighted by atomic mass is 9.96. The summed E-state index contributed by atoms with van der Waals surface area (Å²) in [5.41, 5.74) is 2.92. The highest BCUT2D eigenvalue weighted by Gasteiger charge is 2.36. The fourth-order valence-electron chi connectivity index (χ4n) is 4.14. The van der Waals surface area contributed by atoms with E-state index in [-0.39, 0.29) is 11.4 Å². The van der Waals surface area contributed by atoms with E-state index in [2.05, 4.69) is 34.4 Å². The molecule has 1 saturated carbocycles. The van der Waals surface area contributed by atoms with Crippen LogP contribution in [0.15, 0.2) is 42.6 Å². The number of methoxy groups -OCH3 is 1. The van der Waals surface area contributed by atoms with Crippen LogP contribution >= 0.6 is 0 Å². The molecule has 0 bridgehead atoms. The average Bonchev–Trinajstić information content (AvgIpc) is 3.40. The summed E-state index contributed by atoms with van der Waals surface area (Å²) < 4.78 is 6.95. The molecular weight excluding hydrogens is 366 g/mol. The molecular formula is C22H27N5O2. The van der Waals surface area contributed by atoms with Crippen LogP contribution < -0.4 is 10.1 Å². The summed E-state index contributed by atoms with van der Waals surface area (Å²) in [6.45, 7) is 0.630. The molecule has 0 spiro atoms. The minimum Gasteiger partial charge on any atom is -0.497 e. The Kier molecular flexibility index (Phi) is 5.24. The highest BCUT2D eigenvalue weighted by molar-refractivity contribution is 5.93. The van der Waals surface area contributed by atoms with Gasteiger partial charge >= 0.3 is 0 Å². The molecule has 29 heavy (non-hydrogen) atoms. The number of benzene rings is 1. The first-order chi connectivity index (χ1) is 14.0. The molecule has 1 fully saturated rings. The van der Waals surface area contributed by atoms with Gasteiger partial charge in [0.05, 0.1) is 12.8 Å². The fraction of sp³-hybridized carbons (Fsp3) is 0.409. The summed E-state index contributed by atoms with van der Waals surface area (Å²) in [5, 5.41) is 7.64. The Hall–Kier alpha value is -2.93. The number of carbonyl (C=O) groups is 1. The summed E-state index contributed by atoms with van der Waals surface area (Å²) in [6.07, 6.45) is 6.36. The lowest BCUT2D eigenvalue weighted by Gasteiger charge is -2.36. The number of amides is 1. The molecule has 7 heteroatoms. The Morgan fingerprint density at radius 3 is 2.59 bits per heavy atom. The molecule has 0 radical (unpaired) electrons. The normalized spacial score (nSPS) is 15.7. The number of fused-ring (bicyclic) bond motifs is 1. The summed E-state index contributed by atoms with van der Waals surface area (Å²) in [5.74, 6) is 0.630. The zero-order chi connectivity index (χ0) is 20.4. The van der Waals surface area contributed by atoms with E-state index in [4.69, 9.17) is 4.74 Å². The number of likely N-dealkylation sites (N-methyl/N-ethyl adjacent to an activating group) is 1. The molecule has 0 saturated heterocycles. The number of ether oxygens (including phenoxy) is 1. The van der Waals surface area contributed by atoms with Crippen molar-refractivity contribution in [3.05, 3.63) is 48.3 Å². The molecule has 7 nitrogen and oxygen atoms in total. The van der Waals surface area contributed by atoms with Crippen molar-refractivity contribution in [3.8, 4) is 17.0 Å². The van der Waals surface area contributed by atoms with Crippen molar-refractivity contribution >= 4 is 11.6 Å². The smallest absolute Gasteiger partial charge is 0.271 e. The summed E-state index contributed by atoms with van der Waals surface area (Å²) >= 11 is 0. The first kappa shape index (κ1) is 19.4. The van der Waals surface area contributed by atoms with Crippen LogP contribution in [0.4, 0.5) is 0 Å². The minimum atomic E-state index is -0.163. The van der Waals surface area contributed by atoms with Gasteiger partial charge < -0.3 is 15.0 Å². The van der Waals surface area contributed by atoms with Crippen molar-refractivity contribution in [3.63, 3.8) is 0 Å². The van der Waals surface area contributed by atoms with Gasteiger partial charge in [-0.05, 0) is 57.3 Å². The standard InChI is InChI=1S/C22H27N5O2/c1-26(2)22(11-4-5-12-22)15-24-21(28)18-14-20-23-13-10-19(27(20)25-18)16-6-8-17(29-3)9-7-16/h6-10,13-14H,4-5,11-12,15H2,1-3H3,(H,24,28). The molecule has 2 aromatic heterocycles. The second-order valence-electron chi connectivity index (χ2n) is 7.87. The van der Waals surface area contributed by atoms with Gasteiger partial charge in [0, 0.05) is 29.9 Å². The molecule has 152 valence electrons. The van der Waals surface area contributed by atoms with E-state index in [1.54, 1.807) is 23.9 Å². The molecule has 1 aromatic carbocycles. The van der Waals surface area contributed by atoms with Crippen LogP contribution in [0.1, 0.15) is 36.2 Å². The van der Waals surface area contributed by atoms with Crippen LogP contribution in [-0.2, 0) is 0 Å². The van der Waals surface area contributed by atoms with Gasteiger partial charge in [0.2, 0.25) is 0 Å². The quantitative estimate of drug-likeness (QED) is 0.697. The number of nitrogens with zero attached hydrogens (tertiary/aromatic N) is 4. The number of carbonyl (C=O) groups excluding carboxylic acids is 1.